The number of rotatable bonds is 13. The lowest BCUT2D eigenvalue weighted by atomic mass is 9.81. The maximum Gasteiger partial charge on any atom is 0.309 e. The van der Waals surface area contributed by atoms with E-state index in [0.29, 0.717) is 12.8 Å². The van der Waals surface area contributed by atoms with Crippen LogP contribution in [0, 0.1) is 11.8 Å². The topological polar surface area (TPSA) is 63.6 Å². The van der Waals surface area contributed by atoms with Crippen molar-refractivity contribution in [1.29, 1.82) is 0 Å². The molecule has 0 aromatic rings. The summed E-state index contributed by atoms with van der Waals surface area (Å²) in [5.74, 6) is -1.56. The Morgan fingerprint density at radius 1 is 0.960 bits per heavy atom. The third-order valence-electron chi connectivity index (χ3n) is 5.39. The van der Waals surface area contributed by atoms with E-state index in [1.165, 1.54) is 51.4 Å². The Morgan fingerprint density at radius 3 is 2.12 bits per heavy atom. The standard InChI is InChI=1S/C21H38O4/c1-3-4-5-6-7-8-9-10-11-13-17(2)25-21(24)19-15-12-14-18(16-19)20(22)23/h17-19H,3-16H2,1-2H3,(H,22,23). The molecule has 0 bridgehead atoms. The Balaban J connectivity index is 2.06. The molecule has 3 atom stereocenters. The summed E-state index contributed by atoms with van der Waals surface area (Å²) >= 11 is 0. The van der Waals surface area contributed by atoms with Crippen LogP contribution in [0.4, 0.5) is 0 Å². The minimum Gasteiger partial charge on any atom is -0.481 e. The fourth-order valence-corrected chi connectivity index (χ4v) is 3.72. The van der Waals surface area contributed by atoms with Crippen molar-refractivity contribution >= 4 is 11.9 Å². The van der Waals surface area contributed by atoms with Gasteiger partial charge in [0.05, 0.1) is 17.9 Å². The van der Waals surface area contributed by atoms with Crippen molar-refractivity contribution in [3.63, 3.8) is 0 Å². The molecule has 146 valence electrons. The number of unbranched alkanes of at least 4 members (excludes halogenated alkanes) is 8. The van der Waals surface area contributed by atoms with Gasteiger partial charge in [-0.1, -0.05) is 64.7 Å². The highest BCUT2D eigenvalue weighted by Gasteiger charge is 2.32. The van der Waals surface area contributed by atoms with Gasteiger partial charge in [-0.3, -0.25) is 9.59 Å². The lowest BCUT2D eigenvalue weighted by Crippen LogP contribution is -2.30. The van der Waals surface area contributed by atoms with Gasteiger partial charge < -0.3 is 9.84 Å². The molecule has 1 aliphatic rings. The third-order valence-corrected chi connectivity index (χ3v) is 5.39. The van der Waals surface area contributed by atoms with Crippen LogP contribution in [0.5, 0.6) is 0 Å². The molecule has 0 aliphatic heterocycles. The van der Waals surface area contributed by atoms with Crippen LogP contribution < -0.4 is 0 Å². The van der Waals surface area contributed by atoms with E-state index in [4.69, 9.17) is 9.84 Å². The van der Waals surface area contributed by atoms with Crippen molar-refractivity contribution in [3.8, 4) is 0 Å². The van der Waals surface area contributed by atoms with Gasteiger partial charge in [-0.2, -0.15) is 0 Å². The van der Waals surface area contributed by atoms with E-state index < -0.39 is 5.97 Å². The lowest BCUT2D eigenvalue weighted by Gasteiger charge is -2.26. The summed E-state index contributed by atoms with van der Waals surface area (Å²) in [6.07, 6.45) is 15.2. The number of aliphatic carboxylic acids is 1. The Morgan fingerprint density at radius 2 is 1.52 bits per heavy atom. The number of carboxylic acids is 1. The number of carbonyl (C=O) groups excluding carboxylic acids is 1. The highest BCUT2D eigenvalue weighted by atomic mass is 16.5. The predicted molar refractivity (Wildman–Crippen MR) is 100 cm³/mol. The zero-order chi connectivity index (χ0) is 18.5. The van der Waals surface area contributed by atoms with Crippen LogP contribution in [-0.2, 0) is 14.3 Å². The lowest BCUT2D eigenvalue weighted by molar-refractivity contribution is -0.156. The van der Waals surface area contributed by atoms with E-state index in [1.54, 1.807) is 0 Å². The van der Waals surface area contributed by atoms with Gasteiger partial charge in [0.25, 0.3) is 0 Å². The van der Waals surface area contributed by atoms with E-state index in [2.05, 4.69) is 6.92 Å². The highest BCUT2D eigenvalue weighted by molar-refractivity contribution is 5.75. The number of hydrogen-bond donors (Lipinski definition) is 1. The van der Waals surface area contributed by atoms with Gasteiger partial charge >= 0.3 is 11.9 Å². The molecule has 1 aliphatic carbocycles. The summed E-state index contributed by atoms with van der Waals surface area (Å²) in [6, 6.07) is 0. The summed E-state index contributed by atoms with van der Waals surface area (Å²) in [5, 5.41) is 9.11. The first-order valence-corrected chi connectivity index (χ1v) is 10.5. The molecule has 4 heteroatoms. The SMILES string of the molecule is CCCCCCCCCCCC(C)OC(=O)C1CCCC(C(=O)O)C1. The van der Waals surface area contributed by atoms with Gasteiger partial charge in [0.2, 0.25) is 0 Å². The zero-order valence-electron chi connectivity index (χ0n) is 16.3. The average molecular weight is 355 g/mol. The molecule has 0 spiro atoms. The molecular weight excluding hydrogens is 316 g/mol. The maximum atomic E-state index is 12.2. The van der Waals surface area contributed by atoms with Crippen molar-refractivity contribution in [2.45, 2.75) is 110 Å². The summed E-state index contributed by atoms with van der Waals surface area (Å²) in [5.41, 5.74) is 0. The maximum absolute atomic E-state index is 12.2. The second-order valence-electron chi connectivity index (χ2n) is 7.76. The van der Waals surface area contributed by atoms with Crippen molar-refractivity contribution in [3.05, 3.63) is 0 Å². The molecule has 0 aromatic carbocycles. The van der Waals surface area contributed by atoms with E-state index in [-0.39, 0.29) is 23.9 Å². The molecule has 0 radical (unpaired) electrons. The molecule has 1 saturated carbocycles. The van der Waals surface area contributed by atoms with Gasteiger partial charge in [-0.25, -0.2) is 0 Å². The van der Waals surface area contributed by atoms with E-state index in [9.17, 15) is 9.59 Å². The number of hydrogen-bond acceptors (Lipinski definition) is 3. The van der Waals surface area contributed by atoms with Crippen LogP contribution in [0.1, 0.15) is 104 Å². The van der Waals surface area contributed by atoms with Gasteiger partial charge in [0.1, 0.15) is 0 Å². The summed E-state index contributed by atoms with van der Waals surface area (Å²) in [7, 11) is 0. The first-order chi connectivity index (χ1) is 12.0. The Kier molecular flexibility index (Phi) is 11.6. The molecule has 25 heavy (non-hydrogen) atoms. The molecule has 0 amide bonds. The number of esters is 1. The van der Waals surface area contributed by atoms with Gasteiger partial charge in [0.15, 0.2) is 0 Å². The number of carbonyl (C=O) groups is 2. The summed E-state index contributed by atoms with van der Waals surface area (Å²) in [4.78, 5) is 23.3. The first kappa shape index (κ1) is 22.0. The van der Waals surface area contributed by atoms with Crippen molar-refractivity contribution in [2.24, 2.45) is 11.8 Å². The molecule has 1 fully saturated rings. The largest absolute Gasteiger partial charge is 0.481 e. The molecule has 1 rings (SSSR count). The Bertz CT molecular complexity index is 380. The number of ether oxygens (including phenoxy) is 1. The zero-order valence-corrected chi connectivity index (χ0v) is 16.3. The predicted octanol–water partition coefficient (Wildman–Crippen LogP) is 5.73. The highest BCUT2D eigenvalue weighted by Crippen LogP contribution is 2.30. The van der Waals surface area contributed by atoms with Gasteiger partial charge in [-0.15, -0.1) is 0 Å². The molecule has 4 nitrogen and oxygen atoms in total. The van der Waals surface area contributed by atoms with Crippen LogP contribution in [0.3, 0.4) is 0 Å². The fourth-order valence-electron chi connectivity index (χ4n) is 3.72. The second-order valence-corrected chi connectivity index (χ2v) is 7.76. The van der Waals surface area contributed by atoms with Crippen LogP contribution in [-0.4, -0.2) is 23.1 Å². The monoisotopic (exact) mass is 354 g/mol. The van der Waals surface area contributed by atoms with Crippen LogP contribution in [0.15, 0.2) is 0 Å². The van der Waals surface area contributed by atoms with Crippen molar-refractivity contribution in [1.82, 2.24) is 0 Å². The fraction of sp³-hybridized carbons (Fsp3) is 0.905. The normalized spacial score (nSPS) is 21.7. The van der Waals surface area contributed by atoms with E-state index >= 15 is 0 Å². The van der Waals surface area contributed by atoms with E-state index in [0.717, 1.165) is 25.7 Å². The number of carboxylic acid groups (broad SMARTS) is 1. The second kappa shape index (κ2) is 13.2. The summed E-state index contributed by atoms with van der Waals surface area (Å²) < 4.78 is 5.56. The summed E-state index contributed by atoms with van der Waals surface area (Å²) in [6.45, 7) is 4.20. The Hall–Kier alpha value is -1.06. The molecule has 1 N–H and O–H groups in total. The minimum absolute atomic E-state index is 0.0535. The smallest absolute Gasteiger partial charge is 0.309 e. The molecule has 0 saturated heterocycles. The van der Waals surface area contributed by atoms with Crippen LogP contribution in [0.25, 0.3) is 0 Å². The molecule has 0 heterocycles. The van der Waals surface area contributed by atoms with Crippen LogP contribution >= 0.6 is 0 Å². The molecule has 3 unspecified atom stereocenters. The average Bonchev–Trinajstić information content (AvgIpc) is 2.60. The molecular formula is C21H38O4. The molecule has 0 aromatic heterocycles. The van der Waals surface area contributed by atoms with Gasteiger partial charge in [-0.05, 0) is 39.0 Å². The quantitative estimate of drug-likeness (QED) is 0.339. The van der Waals surface area contributed by atoms with Crippen LogP contribution in [0.2, 0.25) is 0 Å². The van der Waals surface area contributed by atoms with Crippen molar-refractivity contribution < 1.29 is 19.4 Å². The first-order valence-electron chi connectivity index (χ1n) is 10.5. The van der Waals surface area contributed by atoms with Gasteiger partial charge in [0, 0.05) is 0 Å². The Labute approximate surface area is 153 Å². The minimum atomic E-state index is -0.778. The third kappa shape index (κ3) is 9.86. The van der Waals surface area contributed by atoms with E-state index in [1.807, 2.05) is 6.92 Å². The van der Waals surface area contributed by atoms with Crippen molar-refractivity contribution in [2.75, 3.05) is 0 Å².